The maximum atomic E-state index is 11.9. The van der Waals surface area contributed by atoms with Crippen LogP contribution in [0, 0.1) is 0 Å². The molecule has 0 fully saturated rings. The molecule has 1 N–H and O–H groups in total. The molecule has 0 saturated heterocycles. The number of nitrogens with one attached hydrogen (secondary N) is 1. The molecule has 1 unspecified atom stereocenters. The van der Waals surface area contributed by atoms with E-state index in [1.807, 2.05) is 6.07 Å². The molecule has 0 saturated carbocycles. The summed E-state index contributed by atoms with van der Waals surface area (Å²) in [5.41, 5.74) is 0. The Hall–Kier alpha value is -1.40. The number of carbonyl (C=O) groups excluding carboxylic acids is 1. The minimum Gasteiger partial charge on any atom is -0.354 e. The van der Waals surface area contributed by atoms with Gasteiger partial charge in [-0.3, -0.25) is 4.79 Å². The number of rotatable bonds is 7. The molecule has 0 aliphatic rings. The quantitative estimate of drug-likeness (QED) is 0.800. The zero-order chi connectivity index (χ0) is 14.4. The second-order valence-electron chi connectivity index (χ2n) is 4.51. The highest BCUT2D eigenvalue weighted by Gasteiger charge is 2.14. The fraction of sp³-hybridized carbons (Fsp3) is 0.462. The molecule has 0 radical (unpaired) electrons. The van der Waals surface area contributed by atoms with Crippen LogP contribution >= 0.6 is 22.9 Å². The third-order valence-electron chi connectivity index (χ3n) is 2.99. The molecular weight excluding hydrogens is 296 g/mol. The van der Waals surface area contributed by atoms with Gasteiger partial charge in [0.25, 0.3) is 0 Å². The van der Waals surface area contributed by atoms with Crippen molar-refractivity contribution < 1.29 is 4.79 Å². The predicted octanol–water partition coefficient (Wildman–Crippen LogP) is 2.69. The first-order chi connectivity index (χ1) is 9.66. The van der Waals surface area contributed by atoms with Gasteiger partial charge in [-0.2, -0.15) is 5.10 Å². The van der Waals surface area contributed by atoms with Crippen molar-refractivity contribution in [2.75, 3.05) is 6.54 Å². The number of hydrogen-bond donors (Lipinski definition) is 1. The molecule has 0 aromatic carbocycles. The maximum absolute atomic E-state index is 11.9. The van der Waals surface area contributed by atoms with Crippen molar-refractivity contribution in [3.8, 4) is 0 Å². The van der Waals surface area contributed by atoms with Gasteiger partial charge in [0.2, 0.25) is 5.91 Å². The standard InChI is InChI=1S/C13H17ClN4OS/c1-10(18-9-15-8-17-18)13(19)16-7-3-2-4-11-5-6-12(14)20-11/h5-6,8-10H,2-4,7H2,1H3,(H,16,19). The molecule has 2 aromatic rings. The van der Waals surface area contributed by atoms with Gasteiger partial charge < -0.3 is 5.32 Å². The number of halogens is 1. The number of nitrogens with zero attached hydrogens (tertiary/aromatic N) is 3. The Morgan fingerprint density at radius 1 is 1.50 bits per heavy atom. The highest BCUT2D eigenvalue weighted by atomic mass is 35.5. The average molecular weight is 313 g/mol. The first-order valence-corrected chi connectivity index (χ1v) is 7.72. The van der Waals surface area contributed by atoms with E-state index in [-0.39, 0.29) is 11.9 Å². The third kappa shape index (κ3) is 4.31. The number of amides is 1. The van der Waals surface area contributed by atoms with Crippen molar-refractivity contribution in [2.45, 2.75) is 32.2 Å². The summed E-state index contributed by atoms with van der Waals surface area (Å²) in [5, 5.41) is 6.87. The summed E-state index contributed by atoms with van der Waals surface area (Å²) < 4.78 is 2.37. The van der Waals surface area contributed by atoms with Crippen LogP contribution in [0.15, 0.2) is 24.8 Å². The van der Waals surface area contributed by atoms with Gasteiger partial charge in [0, 0.05) is 11.4 Å². The van der Waals surface area contributed by atoms with E-state index in [2.05, 4.69) is 21.5 Å². The molecule has 0 aliphatic heterocycles. The van der Waals surface area contributed by atoms with E-state index in [1.54, 1.807) is 29.3 Å². The summed E-state index contributed by atoms with van der Waals surface area (Å²) in [4.78, 5) is 17.0. The highest BCUT2D eigenvalue weighted by Crippen LogP contribution is 2.22. The van der Waals surface area contributed by atoms with Crippen molar-refractivity contribution in [2.24, 2.45) is 0 Å². The van der Waals surface area contributed by atoms with Gasteiger partial charge in [0.05, 0.1) is 4.34 Å². The van der Waals surface area contributed by atoms with Gasteiger partial charge in [0.15, 0.2) is 0 Å². The van der Waals surface area contributed by atoms with Crippen LogP contribution in [0.1, 0.15) is 30.7 Å². The monoisotopic (exact) mass is 312 g/mol. The lowest BCUT2D eigenvalue weighted by Crippen LogP contribution is -2.32. The van der Waals surface area contributed by atoms with E-state index < -0.39 is 0 Å². The number of carbonyl (C=O) groups is 1. The number of thiophene rings is 1. The van der Waals surface area contributed by atoms with Crippen molar-refractivity contribution >= 4 is 28.8 Å². The fourth-order valence-corrected chi connectivity index (χ4v) is 2.94. The molecular formula is C13H17ClN4OS. The Labute approximate surface area is 127 Å². The Bertz CT molecular complexity index is 540. The number of aromatic nitrogens is 3. The van der Waals surface area contributed by atoms with Crippen LogP contribution in [0.2, 0.25) is 4.34 Å². The summed E-state index contributed by atoms with van der Waals surface area (Å²) in [6.07, 6.45) is 5.97. The molecule has 0 bridgehead atoms. The third-order valence-corrected chi connectivity index (χ3v) is 4.28. The van der Waals surface area contributed by atoms with Gasteiger partial charge in [0.1, 0.15) is 18.7 Å². The lowest BCUT2D eigenvalue weighted by Gasteiger charge is -2.11. The maximum Gasteiger partial charge on any atom is 0.244 e. The molecule has 7 heteroatoms. The summed E-state index contributed by atoms with van der Waals surface area (Å²) in [5.74, 6) is -0.0327. The highest BCUT2D eigenvalue weighted by molar-refractivity contribution is 7.16. The normalized spacial score (nSPS) is 12.3. The van der Waals surface area contributed by atoms with Crippen molar-refractivity contribution in [3.05, 3.63) is 34.0 Å². The average Bonchev–Trinajstić information content (AvgIpc) is 3.08. The molecule has 0 spiro atoms. The first-order valence-electron chi connectivity index (χ1n) is 6.53. The van der Waals surface area contributed by atoms with Crippen LogP contribution in [0.25, 0.3) is 0 Å². The molecule has 0 aliphatic carbocycles. The van der Waals surface area contributed by atoms with Gasteiger partial charge in [-0.05, 0) is 38.3 Å². The van der Waals surface area contributed by atoms with E-state index in [9.17, 15) is 4.79 Å². The Morgan fingerprint density at radius 2 is 2.35 bits per heavy atom. The van der Waals surface area contributed by atoms with Gasteiger partial charge in [-0.1, -0.05) is 11.6 Å². The van der Waals surface area contributed by atoms with Crippen LogP contribution < -0.4 is 5.32 Å². The van der Waals surface area contributed by atoms with Crippen LogP contribution in [-0.4, -0.2) is 27.2 Å². The van der Waals surface area contributed by atoms with E-state index in [4.69, 9.17) is 11.6 Å². The zero-order valence-corrected chi connectivity index (χ0v) is 12.8. The van der Waals surface area contributed by atoms with Crippen LogP contribution in [0.4, 0.5) is 0 Å². The van der Waals surface area contributed by atoms with E-state index in [0.717, 1.165) is 23.6 Å². The Morgan fingerprint density at radius 3 is 3.00 bits per heavy atom. The Balaban J connectivity index is 1.62. The molecule has 108 valence electrons. The van der Waals surface area contributed by atoms with Crippen molar-refractivity contribution in [1.82, 2.24) is 20.1 Å². The zero-order valence-electron chi connectivity index (χ0n) is 11.3. The molecule has 1 amide bonds. The largest absolute Gasteiger partial charge is 0.354 e. The van der Waals surface area contributed by atoms with Gasteiger partial charge >= 0.3 is 0 Å². The van der Waals surface area contributed by atoms with Crippen molar-refractivity contribution in [1.29, 1.82) is 0 Å². The SMILES string of the molecule is CC(C(=O)NCCCCc1ccc(Cl)s1)n1cncn1. The second kappa shape index (κ2) is 7.40. The second-order valence-corrected chi connectivity index (χ2v) is 6.31. The van der Waals surface area contributed by atoms with Crippen LogP contribution in [-0.2, 0) is 11.2 Å². The molecule has 2 rings (SSSR count). The first kappa shape index (κ1) is 15.0. The fourth-order valence-electron chi connectivity index (χ4n) is 1.81. The van der Waals surface area contributed by atoms with E-state index >= 15 is 0 Å². The predicted molar refractivity (Wildman–Crippen MR) is 80.0 cm³/mol. The number of aryl methyl sites for hydroxylation is 1. The minimum absolute atomic E-state index is 0.0327. The molecule has 5 nitrogen and oxygen atoms in total. The van der Waals surface area contributed by atoms with Gasteiger partial charge in [-0.15, -0.1) is 11.3 Å². The van der Waals surface area contributed by atoms with Crippen molar-refractivity contribution in [3.63, 3.8) is 0 Å². The number of unbranched alkanes of at least 4 members (excludes halogenated alkanes) is 1. The van der Waals surface area contributed by atoms with Crippen LogP contribution in [0.3, 0.4) is 0 Å². The molecule has 1 atom stereocenters. The molecule has 2 aromatic heterocycles. The van der Waals surface area contributed by atoms with E-state index in [0.29, 0.717) is 6.54 Å². The smallest absolute Gasteiger partial charge is 0.244 e. The summed E-state index contributed by atoms with van der Waals surface area (Å²) in [6, 6.07) is 3.65. The Kier molecular flexibility index (Phi) is 5.55. The molecule has 20 heavy (non-hydrogen) atoms. The van der Waals surface area contributed by atoms with Gasteiger partial charge in [-0.25, -0.2) is 9.67 Å². The number of hydrogen-bond acceptors (Lipinski definition) is 4. The van der Waals surface area contributed by atoms with Crippen LogP contribution in [0.5, 0.6) is 0 Å². The lowest BCUT2D eigenvalue weighted by atomic mass is 10.2. The summed E-state index contributed by atoms with van der Waals surface area (Å²) in [6.45, 7) is 2.48. The molecule has 2 heterocycles. The summed E-state index contributed by atoms with van der Waals surface area (Å²) in [7, 11) is 0. The van der Waals surface area contributed by atoms with E-state index in [1.165, 1.54) is 11.2 Å². The minimum atomic E-state index is -0.325. The summed E-state index contributed by atoms with van der Waals surface area (Å²) >= 11 is 7.49. The topological polar surface area (TPSA) is 59.8 Å². The lowest BCUT2D eigenvalue weighted by molar-refractivity contribution is -0.124.